The van der Waals surface area contributed by atoms with Crippen LogP contribution in [0.4, 0.5) is 0 Å². The van der Waals surface area contributed by atoms with Crippen LogP contribution in [0.5, 0.6) is 0 Å². The standard InChI is InChI=1S/C19H23NO3S2/c1-3-4-12-23-17(21)6-5-11-20-18(22)16(25-19(20)24)13-15-9-7-14(2)8-10-15/h7-10,13H,3-6,11-12H2,1-2H3/b16-13-. The number of amides is 1. The second-order valence-electron chi connectivity index (χ2n) is 5.92. The average molecular weight is 378 g/mol. The molecular formula is C19H23NO3S2. The minimum atomic E-state index is -0.214. The molecule has 2 rings (SSSR count). The monoisotopic (exact) mass is 377 g/mol. The maximum atomic E-state index is 12.5. The molecule has 1 aromatic carbocycles. The van der Waals surface area contributed by atoms with Gasteiger partial charge in [0, 0.05) is 13.0 Å². The Morgan fingerprint density at radius 3 is 2.68 bits per heavy atom. The maximum absolute atomic E-state index is 12.5. The van der Waals surface area contributed by atoms with Crippen LogP contribution in [0.25, 0.3) is 6.08 Å². The maximum Gasteiger partial charge on any atom is 0.305 e. The normalized spacial score (nSPS) is 15.9. The number of nitrogens with zero attached hydrogens (tertiary/aromatic N) is 1. The van der Waals surface area contributed by atoms with E-state index < -0.39 is 0 Å². The topological polar surface area (TPSA) is 46.6 Å². The quantitative estimate of drug-likeness (QED) is 0.292. The van der Waals surface area contributed by atoms with Crippen LogP contribution in [-0.4, -0.2) is 34.2 Å². The highest BCUT2D eigenvalue weighted by atomic mass is 32.2. The third-order valence-corrected chi connectivity index (χ3v) is 5.15. The summed E-state index contributed by atoms with van der Waals surface area (Å²) in [6, 6.07) is 7.98. The van der Waals surface area contributed by atoms with E-state index in [9.17, 15) is 9.59 Å². The third-order valence-electron chi connectivity index (χ3n) is 3.77. The number of thioether (sulfide) groups is 1. The number of esters is 1. The summed E-state index contributed by atoms with van der Waals surface area (Å²) in [5.41, 5.74) is 2.15. The molecule has 134 valence electrons. The zero-order valence-electron chi connectivity index (χ0n) is 14.6. The van der Waals surface area contributed by atoms with E-state index in [1.54, 1.807) is 4.90 Å². The lowest BCUT2D eigenvalue weighted by Gasteiger charge is -2.13. The Hall–Kier alpha value is -1.66. The van der Waals surface area contributed by atoms with E-state index in [4.69, 9.17) is 17.0 Å². The second-order valence-corrected chi connectivity index (χ2v) is 7.60. The van der Waals surface area contributed by atoms with E-state index in [1.807, 2.05) is 44.2 Å². The Morgan fingerprint density at radius 2 is 2.00 bits per heavy atom. The van der Waals surface area contributed by atoms with Gasteiger partial charge in [0.2, 0.25) is 0 Å². The van der Waals surface area contributed by atoms with E-state index in [-0.39, 0.29) is 11.9 Å². The summed E-state index contributed by atoms with van der Waals surface area (Å²) in [6.45, 7) is 4.98. The number of hydrogen-bond acceptors (Lipinski definition) is 5. The number of carbonyl (C=O) groups excluding carboxylic acids is 2. The van der Waals surface area contributed by atoms with E-state index in [0.29, 0.717) is 35.2 Å². The van der Waals surface area contributed by atoms with E-state index in [2.05, 4.69) is 0 Å². The molecule has 4 nitrogen and oxygen atoms in total. The van der Waals surface area contributed by atoms with Crippen LogP contribution in [0.1, 0.15) is 43.7 Å². The van der Waals surface area contributed by atoms with Crippen LogP contribution in [-0.2, 0) is 14.3 Å². The van der Waals surface area contributed by atoms with Crippen molar-refractivity contribution < 1.29 is 14.3 Å². The molecule has 1 aliphatic heterocycles. The van der Waals surface area contributed by atoms with E-state index >= 15 is 0 Å². The highest BCUT2D eigenvalue weighted by Crippen LogP contribution is 2.32. The molecule has 6 heteroatoms. The molecule has 25 heavy (non-hydrogen) atoms. The molecule has 0 unspecified atom stereocenters. The lowest BCUT2D eigenvalue weighted by atomic mass is 10.1. The van der Waals surface area contributed by atoms with Gasteiger partial charge in [0.25, 0.3) is 5.91 Å². The van der Waals surface area contributed by atoms with Crippen molar-refractivity contribution in [1.29, 1.82) is 0 Å². The lowest BCUT2D eigenvalue weighted by Crippen LogP contribution is -2.29. The predicted molar refractivity (Wildman–Crippen MR) is 106 cm³/mol. The van der Waals surface area contributed by atoms with Crippen molar-refractivity contribution in [3.8, 4) is 0 Å². The van der Waals surface area contributed by atoms with Crippen molar-refractivity contribution >= 4 is 46.3 Å². The van der Waals surface area contributed by atoms with E-state index in [0.717, 1.165) is 18.4 Å². The molecule has 1 aromatic rings. The fourth-order valence-electron chi connectivity index (χ4n) is 2.29. The molecule has 1 amide bonds. The molecule has 0 radical (unpaired) electrons. The summed E-state index contributed by atoms with van der Waals surface area (Å²) < 4.78 is 5.66. The van der Waals surface area contributed by atoms with Crippen LogP contribution < -0.4 is 0 Å². The average Bonchev–Trinajstić information content (AvgIpc) is 2.84. The Balaban J connectivity index is 1.86. The fraction of sp³-hybridized carbons (Fsp3) is 0.421. The SMILES string of the molecule is CCCCOC(=O)CCCN1C(=O)/C(=C/c2ccc(C)cc2)SC1=S. The molecule has 1 heterocycles. The number of carbonyl (C=O) groups is 2. The van der Waals surface area contributed by atoms with Gasteiger partial charge < -0.3 is 4.74 Å². The van der Waals surface area contributed by atoms with E-state index in [1.165, 1.54) is 17.3 Å². The zero-order chi connectivity index (χ0) is 18.2. The van der Waals surface area contributed by atoms with Crippen molar-refractivity contribution in [2.24, 2.45) is 0 Å². The number of rotatable bonds is 8. The summed E-state index contributed by atoms with van der Waals surface area (Å²) in [6.07, 6.45) is 4.59. The zero-order valence-corrected chi connectivity index (χ0v) is 16.3. The van der Waals surface area contributed by atoms with Gasteiger partial charge in [-0.05, 0) is 31.4 Å². The Labute approximate surface area is 158 Å². The highest BCUT2D eigenvalue weighted by molar-refractivity contribution is 8.26. The Bertz CT molecular complexity index is 668. The molecule has 0 saturated carbocycles. The first kappa shape index (κ1) is 19.7. The van der Waals surface area contributed by atoms with Gasteiger partial charge in [-0.25, -0.2) is 0 Å². The summed E-state index contributed by atoms with van der Waals surface area (Å²) in [5.74, 6) is -0.302. The molecular weight excluding hydrogens is 354 g/mol. The third kappa shape index (κ3) is 5.97. The van der Waals surface area contributed by atoms with Crippen molar-refractivity contribution in [2.75, 3.05) is 13.2 Å². The molecule has 0 atom stereocenters. The van der Waals surface area contributed by atoms with Gasteiger partial charge in [0.1, 0.15) is 4.32 Å². The summed E-state index contributed by atoms with van der Waals surface area (Å²) in [4.78, 5) is 26.3. The first-order valence-corrected chi connectivity index (χ1v) is 9.71. The minimum Gasteiger partial charge on any atom is -0.466 e. The van der Waals surface area contributed by atoms with Gasteiger partial charge in [-0.15, -0.1) is 0 Å². The van der Waals surface area contributed by atoms with Crippen molar-refractivity contribution in [3.05, 3.63) is 40.3 Å². The van der Waals surface area contributed by atoms with Crippen molar-refractivity contribution in [3.63, 3.8) is 0 Å². The largest absolute Gasteiger partial charge is 0.466 e. The van der Waals surface area contributed by atoms with Crippen LogP contribution in [0.3, 0.4) is 0 Å². The van der Waals surface area contributed by atoms with Gasteiger partial charge >= 0.3 is 5.97 Å². The Morgan fingerprint density at radius 1 is 1.28 bits per heavy atom. The van der Waals surface area contributed by atoms with Crippen LogP contribution >= 0.6 is 24.0 Å². The molecule has 0 spiro atoms. The number of benzene rings is 1. The van der Waals surface area contributed by atoms with Crippen molar-refractivity contribution in [2.45, 2.75) is 39.5 Å². The molecule has 0 N–H and O–H groups in total. The number of hydrogen-bond donors (Lipinski definition) is 0. The molecule has 0 aliphatic carbocycles. The lowest BCUT2D eigenvalue weighted by molar-refractivity contribution is -0.144. The number of ether oxygens (including phenoxy) is 1. The van der Waals surface area contributed by atoms with Gasteiger partial charge in [-0.1, -0.05) is 67.2 Å². The minimum absolute atomic E-state index is 0.0880. The molecule has 0 bridgehead atoms. The van der Waals surface area contributed by atoms with Crippen molar-refractivity contribution in [1.82, 2.24) is 4.90 Å². The van der Waals surface area contributed by atoms with Gasteiger partial charge in [-0.3, -0.25) is 14.5 Å². The highest BCUT2D eigenvalue weighted by Gasteiger charge is 2.31. The first-order valence-electron chi connectivity index (χ1n) is 8.49. The second kappa shape index (κ2) is 9.73. The van der Waals surface area contributed by atoms with Gasteiger partial charge in [0.15, 0.2) is 0 Å². The molecule has 1 aliphatic rings. The predicted octanol–water partition coefficient (Wildman–Crippen LogP) is 4.32. The molecule has 1 fully saturated rings. The summed E-state index contributed by atoms with van der Waals surface area (Å²) >= 11 is 6.62. The van der Waals surface area contributed by atoms with Crippen LogP contribution in [0.2, 0.25) is 0 Å². The number of thiocarbonyl (C=S) groups is 1. The van der Waals surface area contributed by atoms with Crippen LogP contribution in [0.15, 0.2) is 29.2 Å². The first-order chi connectivity index (χ1) is 12.0. The number of unbranched alkanes of at least 4 members (excludes halogenated alkanes) is 1. The number of aryl methyl sites for hydroxylation is 1. The fourth-order valence-corrected chi connectivity index (χ4v) is 3.60. The summed E-state index contributed by atoms with van der Waals surface area (Å²) in [5, 5.41) is 0. The summed E-state index contributed by atoms with van der Waals surface area (Å²) in [7, 11) is 0. The smallest absolute Gasteiger partial charge is 0.305 e. The molecule has 0 aromatic heterocycles. The van der Waals surface area contributed by atoms with Gasteiger partial charge in [0.05, 0.1) is 11.5 Å². The van der Waals surface area contributed by atoms with Crippen LogP contribution in [0, 0.1) is 6.92 Å². The van der Waals surface area contributed by atoms with Gasteiger partial charge in [-0.2, -0.15) is 0 Å². The Kier molecular flexibility index (Phi) is 7.65. The molecule has 1 saturated heterocycles.